The van der Waals surface area contributed by atoms with Crippen LogP contribution in [0, 0.1) is 10.1 Å². The number of halogens is 2. The summed E-state index contributed by atoms with van der Waals surface area (Å²) in [6.07, 6.45) is 1.32. The number of non-ortho nitro benzene ring substituents is 1. The van der Waals surface area contributed by atoms with Crippen molar-refractivity contribution in [2.24, 2.45) is 0 Å². The third-order valence-corrected chi connectivity index (χ3v) is 5.76. The van der Waals surface area contributed by atoms with Crippen molar-refractivity contribution in [1.29, 1.82) is 0 Å². The molecule has 0 saturated carbocycles. The second-order valence-electron chi connectivity index (χ2n) is 7.31. The number of carbonyl (C=O) groups excluding carboxylic acids is 3. The van der Waals surface area contributed by atoms with Gasteiger partial charge < -0.3 is 4.74 Å². The number of imide groups is 2. The van der Waals surface area contributed by atoms with Gasteiger partial charge in [-0.05, 0) is 48.0 Å². The van der Waals surface area contributed by atoms with Crippen molar-refractivity contribution in [3.05, 3.63) is 104 Å². The van der Waals surface area contributed by atoms with Crippen molar-refractivity contribution >= 4 is 58.5 Å². The van der Waals surface area contributed by atoms with Crippen LogP contribution in [0.3, 0.4) is 0 Å². The van der Waals surface area contributed by atoms with Gasteiger partial charge in [0.2, 0.25) is 0 Å². The Morgan fingerprint density at radius 3 is 2.37 bits per heavy atom. The Morgan fingerprint density at radius 1 is 0.971 bits per heavy atom. The lowest BCUT2D eigenvalue weighted by Gasteiger charge is -2.26. The predicted octanol–water partition coefficient (Wildman–Crippen LogP) is 5.15. The Labute approximate surface area is 208 Å². The molecule has 1 saturated heterocycles. The lowest BCUT2D eigenvalue weighted by molar-refractivity contribution is -0.384. The molecular weight excluding hydrogens is 497 g/mol. The van der Waals surface area contributed by atoms with Crippen LogP contribution in [0.25, 0.3) is 6.08 Å². The molecule has 1 aliphatic rings. The second kappa shape index (κ2) is 9.96. The molecule has 1 N–H and O–H groups in total. The van der Waals surface area contributed by atoms with Crippen molar-refractivity contribution in [2.45, 2.75) is 6.61 Å². The van der Waals surface area contributed by atoms with Crippen LogP contribution in [0.4, 0.5) is 16.2 Å². The van der Waals surface area contributed by atoms with Gasteiger partial charge in [0.1, 0.15) is 17.9 Å². The number of nitro groups is 1. The number of nitrogens with zero attached hydrogens (tertiary/aromatic N) is 2. The molecule has 1 aliphatic heterocycles. The van der Waals surface area contributed by atoms with Crippen LogP contribution >= 0.6 is 23.2 Å². The van der Waals surface area contributed by atoms with Crippen molar-refractivity contribution in [1.82, 2.24) is 5.32 Å². The Hall–Kier alpha value is -4.21. The maximum absolute atomic E-state index is 13.1. The standard InChI is InChI=1S/C24H15Cl2N3O6/c25-19-10-9-17(12-20(19)26)28-23(31)18(22(30)27-24(28)32)11-15-3-1-2-4-21(15)35-13-14-5-7-16(8-6-14)29(33)34/h1-12H,13H2,(H,27,30,32)/b18-11+. The zero-order chi connectivity index (χ0) is 25.1. The summed E-state index contributed by atoms with van der Waals surface area (Å²) in [4.78, 5) is 49.1. The quantitative estimate of drug-likeness (QED) is 0.211. The number of rotatable bonds is 6. The van der Waals surface area contributed by atoms with Gasteiger partial charge in [0, 0.05) is 17.7 Å². The van der Waals surface area contributed by atoms with Gasteiger partial charge in [0.15, 0.2) is 0 Å². The normalized spacial score (nSPS) is 14.7. The molecule has 4 amide bonds. The molecule has 0 bridgehead atoms. The van der Waals surface area contributed by atoms with E-state index in [1.54, 1.807) is 36.4 Å². The average Bonchev–Trinajstić information content (AvgIpc) is 2.83. The van der Waals surface area contributed by atoms with E-state index in [9.17, 15) is 24.5 Å². The van der Waals surface area contributed by atoms with E-state index in [2.05, 4.69) is 5.32 Å². The van der Waals surface area contributed by atoms with Gasteiger partial charge in [-0.15, -0.1) is 0 Å². The number of benzene rings is 3. The van der Waals surface area contributed by atoms with Gasteiger partial charge in [0.05, 0.1) is 20.7 Å². The van der Waals surface area contributed by atoms with Gasteiger partial charge in [-0.2, -0.15) is 0 Å². The minimum atomic E-state index is -0.918. The fourth-order valence-corrected chi connectivity index (χ4v) is 3.57. The zero-order valence-electron chi connectivity index (χ0n) is 17.7. The number of nitrogens with one attached hydrogen (secondary N) is 1. The summed E-state index contributed by atoms with van der Waals surface area (Å²) in [6.45, 7) is 0.0895. The zero-order valence-corrected chi connectivity index (χ0v) is 19.2. The molecule has 1 heterocycles. The first-order valence-electron chi connectivity index (χ1n) is 10.1. The third kappa shape index (κ3) is 5.16. The molecule has 0 atom stereocenters. The maximum atomic E-state index is 13.1. The molecule has 176 valence electrons. The molecule has 0 aromatic heterocycles. The van der Waals surface area contributed by atoms with Gasteiger partial charge >= 0.3 is 6.03 Å². The Balaban J connectivity index is 1.61. The number of urea groups is 1. The number of nitro benzene ring substituents is 1. The monoisotopic (exact) mass is 511 g/mol. The number of hydrogen-bond acceptors (Lipinski definition) is 6. The predicted molar refractivity (Wildman–Crippen MR) is 129 cm³/mol. The van der Waals surface area contributed by atoms with E-state index in [1.165, 1.54) is 36.4 Å². The van der Waals surface area contributed by atoms with Gasteiger partial charge in [0.25, 0.3) is 17.5 Å². The topological polar surface area (TPSA) is 119 Å². The molecule has 4 rings (SSSR count). The molecule has 0 spiro atoms. The van der Waals surface area contributed by atoms with Crippen LogP contribution in [-0.2, 0) is 16.2 Å². The molecule has 1 fully saturated rings. The Kier molecular flexibility index (Phi) is 6.81. The van der Waals surface area contributed by atoms with E-state index >= 15 is 0 Å². The van der Waals surface area contributed by atoms with Crippen LogP contribution < -0.4 is 15.0 Å². The SMILES string of the molecule is O=C1NC(=O)N(c2ccc(Cl)c(Cl)c2)C(=O)/C1=C/c1ccccc1OCc1ccc([N+](=O)[O-])cc1. The van der Waals surface area contributed by atoms with Crippen LogP contribution in [0.15, 0.2) is 72.3 Å². The smallest absolute Gasteiger partial charge is 0.335 e. The van der Waals surface area contributed by atoms with Crippen molar-refractivity contribution in [2.75, 3.05) is 4.90 Å². The minimum absolute atomic E-state index is 0.0400. The first-order valence-corrected chi connectivity index (χ1v) is 10.8. The number of barbiturate groups is 1. The largest absolute Gasteiger partial charge is 0.488 e. The highest BCUT2D eigenvalue weighted by molar-refractivity contribution is 6.43. The van der Waals surface area contributed by atoms with Crippen molar-refractivity contribution < 1.29 is 24.0 Å². The summed E-state index contributed by atoms with van der Waals surface area (Å²) in [5.74, 6) is -1.35. The summed E-state index contributed by atoms with van der Waals surface area (Å²) in [5.41, 5.74) is 0.907. The molecule has 0 unspecified atom stereocenters. The molecule has 0 aliphatic carbocycles. The minimum Gasteiger partial charge on any atom is -0.488 e. The molecule has 35 heavy (non-hydrogen) atoms. The highest BCUT2D eigenvalue weighted by Gasteiger charge is 2.37. The number of amides is 4. The van der Waals surface area contributed by atoms with E-state index in [1.807, 2.05) is 0 Å². The highest BCUT2D eigenvalue weighted by atomic mass is 35.5. The highest BCUT2D eigenvalue weighted by Crippen LogP contribution is 2.30. The van der Waals surface area contributed by atoms with Gasteiger partial charge in [-0.3, -0.25) is 25.0 Å². The maximum Gasteiger partial charge on any atom is 0.335 e. The number of hydrogen-bond donors (Lipinski definition) is 1. The fourth-order valence-electron chi connectivity index (χ4n) is 3.28. The van der Waals surface area contributed by atoms with E-state index in [4.69, 9.17) is 27.9 Å². The van der Waals surface area contributed by atoms with Crippen LogP contribution in [0.2, 0.25) is 10.0 Å². The Bertz CT molecular complexity index is 1390. The summed E-state index contributed by atoms with van der Waals surface area (Å²) < 4.78 is 5.83. The van der Waals surface area contributed by atoms with Crippen LogP contribution in [0.5, 0.6) is 5.75 Å². The molecule has 9 nitrogen and oxygen atoms in total. The van der Waals surface area contributed by atoms with Crippen molar-refractivity contribution in [3.8, 4) is 5.75 Å². The fraction of sp³-hybridized carbons (Fsp3) is 0.0417. The third-order valence-electron chi connectivity index (χ3n) is 5.02. The first-order chi connectivity index (χ1) is 16.7. The van der Waals surface area contributed by atoms with Crippen LogP contribution in [0.1, 0.15) is 11.1 Å². The van der Waals surface area contributed by atoms with E-state index in [-0.39, 0.29) is 33.6 Å². The molecule has 0 radical (unpaired) electrons. The summed E-state index contributed by atoms with van der Waals surface area (Å²) >= 11 is 11.9. The second-order valence-corrected chi connectivity index (χ2v) is 8.12. The van der Waals surface area contributed by atoms with Crippen LogP contribution in [-0.4, -0.2) is 22.8 Å². The average molecular weight is 512 g/mol. The van der Waals surface area contributed by atoms with E-state index < -0.39 is 22.8 Å². The Morgan fingerprint density at radius 2 is 1.69 bits per heavy atom. The van der Waals surface area contributed by atoms with Crippen molar-refractivity contribution in [3.63, 3.8) is 0 Å². The van der Waals surface area contributed by atoms with E-state index in [0.717, 1.165) is 4.90 Å². The lowest BCUT2D eigenvalue weighted by Crippen LogP contribution is -2.54. The van der Waals surface area contributed by atoms with Gasteiger partial charge in [-0.25, -0.2) is 9.69 Å². The molecule has 3 aromatic carbocycles. The van der Waals surface area contributed by atoms with E-state index in [0.29, 0.717) is 16.9 Å². The summed E-state index contributed by atoms with van der Waals surface area (Å²) in [7, 11) is 0. The molecular formula is C24H15Cl2N3O6. The first kappa shape index (κ1) is 23.9. The number of ether oxygens (including phenoxy) is 1. The lowest BCUT2D eigenvalue weighted by atomic mass is 10.1. The molecule has 11 heteroatoms. The number of para-hydroxylation sites is 1. The number of carbonyl (C=O) groups is 3. The molecule has 3 aromatic rings. The number of anilines is 1. The summed E-state index contributed by atoms with van der Waals surface area (Å²) in [6, 6.07) is 15.8. The van der Waals surface area contributed by atoms with Gasteiger partial charge in [-0.1, -0.05) is 41.4 Å². The summed E-state index contributed by atoms with van der Waals surface area (Å²) in [5, 5.41) is 13.3.